The van der Waals surface area contributed by atoms with E-state index in [1.807, 2.05) is 53.1 Å². The molecule has 0 amide bonds. The molecule has 5 nitrogen and oxygen atoms in total. The van der Waals surface area contributed by atoms with E-state index in [0.29, 0.717) is 11.6 Å². The van der Waals surface area contributed by atoms with Crippen molar-refractivity contribution in [2.24, 2.45) is 0 Å². The molecule has 0 spiro atoms. The van der Waals surface area contributed by atoms with Crippen LogP contribution >= 0.6 is 23.4 Å². The molecule has 7 heteroatoms. The van der Waals surface area contributed by atoms with Crippen molar-refractivity contribution in [1.82, 2.24) is 14.8 Å². The van der Waals surface area contributed by atoms with E-state index < -0.39 is 0 Å². The highest BCUT2D eigenvalue weighted by Crippen LogP contribution is 2.26. The Morgan fingerprint density at radius 2 is 1.92 bits per heavy atom. The van der Waals surface area contributed by atoms with E-state index in [-0.39, 0.29) is 0 Å². The van der Waals surface area contributed by atoms with E-state index in [4.69, 9.17) is 21.1 Å². The van der Waals surface area contributed by atoms with Crippen molar-refractivity contribution in [3.05, 3.63) is 59.9 Å². The molecule has 0 bridgehead atoms. The summed E-state index contributed by atoms with van der Waals surface area (Å²) in [5, 5.41) is 9.66. The summed E-state index contributed by atoms with van der Waals surface area (Å²) in [6.45, 7) is 0.561. The Morgan fingerprint density at radius 3 is 2.71 bits per heavy atom. The van der Waals surface area contributed by atoms with Crippen LogP contribution in [-0.4, -0.2) is 34.2 Å². The van der Waals surface area contributed by atoms with Gasteiger partial charge in [-0.2, -0.15) is 0 Å². The predicted octanol–water partition coefficient (Wildman–Crippen LogP) is 4.10. The minimum absolute atomic E-state index is 0.561. The lowest BCUT2D eigenvalue weighted by Gasteiger charge is -2.11. The molecule has 0 fully saturated rings. The van der Waals surface area contributed by atoms with Gasteiger partial charge in [0.25, 0.3) is 0 Å². The standard InChI is InChI=1S/C17H16ClN3O2S/c1-22-16-5-3-2-4-15(16)21-12-19-20-17(21)24-11-10-23-14-8-6-13(18)7-9-14/h2-9,12H,10-11H2,1H3. The molecule has 0 saturated heterocycles. The number of benzene rings is 2. The number of rotatable bonds is 7. The second-order valence-corrected chi connectivity index (χ2v) is 6.30. The van der Waals surface area contributed by atoms with E-state index in [1.54, 1.807) is 25.2 Å². The van der Waals surface area contributed by atoms with Crippen molar-refractivity contribution in [3.8, 4) is 17.2 Å². The maximum Gasteiger partial charge on any atom is 0.195 e. The molecule has 1 aromatic heterocycles. The van der Waals surface area contributed by atoms with E-state index in [1.165, 1.54) is 0 Å². The fourth-order valence-electron chi connectivity index (χ4n) is 2.14. The van der Waals surface area contributed by atoms with Gasteiger partial charge >= 0.3 is 0 Å². The average molecular weight is 362 g/mol. The maximum absolute atomic E-state index is 5.85. The van der Waals surface area contributed by atoms with Gasteiger partial charge in [0.1, 0.15) is 17.8 Å². The van der Waals surface area contributed by atoms with Gasteiger partial charge in [0.15, 0.2) is 5.16 Å². The molecule has 0 saturated carbocycles. The minimum Gasteiger partial charge on any atom is -0.495 e. The molecule has 0 aliphatic heterocycles. The molecule has 0 radical (unpaired) electrons. The van der Waals surface area contributed by atoms with Gasteiger partial charge in [-0.05, 0) is 36.4 Å². The van der Waals surface area contributed by atoms with Gasteiger partial charge in [-0.3, -0.25) is 4.57 Å². The maximum atomic E-state index is 5.85. The Bertz CT molecular complexity index is 793. The summed E-state index contributed by atoms with van der Waals surface area (Å²) in [7, 11) is 1.65. The SMILES string of the molecule is COc1ccccc1-n1cnnc1SCCOc1ccc(Cl)cc1. The Kier molecular flexibility index (Phi) is 5.61. The third-order valence-corrected chi connectivity index (χ3v) is 4.42. The molecule has 0 aliphatic carbocycles. The molecule has 0 atom stereocenters. The molecule has 24 heavy (non-hydrogen) atoms. The summed E-state index contributed by atoms with van der Waals surface area (Å²) in [4.78, 5) is 0. The van der Waals surface area contributed by atoms with Crippen LogP contribution in [-0.2, 0) is 0 Å². The smallest absolute Gasteiger partial charge is 0.195 e. The minimum atomic E-state index is 0.561. The monoisotopic (exact) mass is 361 g/mol. The van der Waals surface area contributed by atoms with Gasteiger partial charge in [-0.1, -0.05) is 35.5 Å². The Labute approximate surface area is 149 Å². The third kappa shape index (κ3) is 4.01. The molecular weight excluding hydrogens is 346 g/mol. The first-order chi connectivity index (χ1) is 11.8. The number of methoxy groups -OCH3 is 1. The third-order valence-electron chi connectivity index (χ3n) is 3.26. The summed E-state index contributed by atoms with van der Waals surface area (Å²) in [5.41, 5.74) is 0.908. The second kappa shape index (κ2) is 8.08. The highest BCUT2D eigenvalue weighted by atomic mass is 35.5. The summed E-state index contributed by atoms with van der Waals surface area (Å²) in [6, 6.07) is 15.1. The molecule has 124 valence electrons. The van der Waals surface area contributed by atoms with Crippen LogP contribution in [0.15, 0.2) is 60.0 Å². The largest absolute Gasteiger partial charge is 0.495 e. The Balaban J connectivity index is 1.61. The first-order valence-electron chi connectivity index (χ1n) is 7.32. The highest BCUT2D eigenvalue weighted by molar-refractivity contribution is 7.99. The first-order valence-corrected chi connectivity index (χ1v) is 8.69. The van der Waals surface area contributed by atoms with Crippen LogP contribution in [0, 0.1) is 0 Å². The molecular formula is C17H16ClN3O2S. The van der Waals surface area contributed by atoms with Gasteiger partial charge in [0, 0.05) is 10.8 Å². The zero-order valence-corrected chi connectivity index (χ0v) is 14.6. The number of para-hydroxylation sites is 2. The zero-order chi connectivity index (χ0) is 16.8. The van der Waals surface area contributed by atoms with Gasteiger partial charge < -0.3 is 9.47 Å². The van der Waals surface area contributed by atoms with Gasteiger partial charge in [0.05, 0.1) is 19.4 Å². The van der Waals surface area contributed by atoms with E-state index in [2.05, 4.69) is 10.2 Å². The normalized spacial score (nSPS) is 10.6. The molecule has 0 unspecified atom stereocenters. The fraction of sp³-hybridized carbons (Fsp3) is 0.176. The van der Waals surface area contributed by atoms with Crippen LogP contribution in [0.25, 0.3) is 5.69 Å². The summed E-state index contributed by atoms with van der Waals surface area (Å²) >= 11 is 7.43. The number of hydrogen-bond donors (Lipinski definition) is 0. The summed E-state index contributed by atoms with van der Waals surface area (Å²) in [5.74, 6) is 2.32. The van der Waals surface area contributed by atoms with Crippen molar-refractivity contribution >= 4 is 23.4 Å². The number of hydrogen-bond acceptors (Lipinski definition) is 5. The Hall–Kier alpha value is -2.18. The fourth-order valence-corrected chi connectivity index (χ4v) is 3.00. The second-order valence-electron chi connectivity index (χ2n) is 4.81. The lowest BCUT2D eigenvalue weighted by molar-refractivity contribution is 0.344. The molecule has 0 aliphatic rings. The van der Waals surface area contributed by atoms with Gasteiger partial charge in [-0.15, -0.1) is 10.2 Å². The van der Waals surface area contributed by atoms with Crippen molar-refractivity contribution in [3.63, 3.8) is 0 Å². The van der Waals surface area contributed by atoms with Crippen LogP contribution in [0.1, 0.15) is 0 Å². The lowest BCUT2D eigenvalue weighted by atomic mass is 10.3. The van der Waals surface area contributed by atoms with Crippen LogP contribution in [0.4, 0.5) is 0 Å². The van der Waals surface area contributed by atoms with Gasteiger partial charge in [0.2, 0.25) is 0 Å². The number of halogens is 1. The summed E-state index contributed by atoms with van der Waals surface area (Å²) in [6.07, 6.45) is 1.68. The number of aromatic nitrogens is 3. The molecule has 2 aromatic carbocycles. The van der Waals surface area contributed by atoms with Gasteiger partial charge in [-0.25, -0.2) is 0 Å². The zero-order valence-electron chi connectivity index (χ0n) is 13.1. The van der Waals surface area contributed by atoms with Crippen molar-refractivity contribution in [1.29, 1.82) is 0 Å². The predicted molar refractivity (Wildman–Crippen MR) is 95.6 cm³/mol. The quantitative estimate of drug-likeness (QED) is 0.468. The van der Waals surface area contributed by atoms with Crippen LogP contribution in [0.2, 0.25) is 5.02 Å². The lowest BCUT2D eigenvalue weighted by Crippen LogP contribution is -2.03. The van der Waals surface area contributed by atoms with Crippen LogP contribution in [0.3, 0.4) is 0 Å². The number of nitrogens with zero attached hydrogens (tertiary/aromatic N) is 3. The number of ether oxygens (including phenoxy) is 2. The average Bonchev–Trinajstić information content (AvgIpc) is 3.08. The molecule has 3 rings (SSSR count). The van der Waals surface area contributed by atoms with Crippen molar-refractivity contribution < 1.29 is 9.47 Å². The van der Waals surface area contributed by atoms with E-state index in [9.17, 15) is 0 Å². The van der Waals surface area contributed by atoms with Crippen molar-refractivity contribution in [2.45, 2.75) is 5.16 Å². The van der Waals surface area contributed by atoms with Crippen LogP contribution < -0.4 is 9.47 Å². The van der Waals surface area contributed by atoms with Crippen LogP contribution in [0.5, 0.6) is 11.5 Å². The topological polar surface area (TPSA) is 49.2 Å². The molecule has 0 N–H and O–H groups in total. The summed E-state index contributed by atoms with van der Waals surface area (Å²) < 4.78 is 13.0. The van der Waals surface area contributed by atoms with E-state index in [0.717, 1.165) is 28.1 Å². The first kappa shape index (κ1) is 16.7. The molecule has 1 heterocycles. The van der Waals surface area contributed by atoms with E-state index >= 15 is 0 Å². The van der Waals surface area contributed by atoms with Crippen molar-refractivity contribution in [2.75, 3.05) is 19.5 Å². The number of thioether (sulfide) groups is 1. The molecule has 3 aromatic rings. The highest BCUT2D eigenvalue weighted by Gasteiger charge is 2.11. The Morgan fingerprint density at radius 1 is 1.12 bits per heavy atom.